The van der Waals surface area contributed by atoms with E-state index in [0.29, 0.717) is 5.56 Å². The molecule has 0 saturated carbocycles. The smallest absolute Gasteiger partial charge is 0.253 e. The van der Waals surface area contributed by atoms with E-state index in [0.717, 1.165) is 5.56 Å². The van der Waals surface area contributed by atoms with Crippen LogP contribution in [0.3, 0.4) is 0 Å². The molecule has 0 saturated heterocycles. The predicted molar refractivity (Wildman–Crippen MR) is 82.9 cm³/mol. The first-order valence-corrected chi connectivity index (χ1v) is 7.39. The molecule has 1 unspecified atom stereocenters. The van der Waals surface area contributed by atoms with E-state index in [-0.39, 0.29) is 11.8 Å². The zero-order valence-electron chi connectivity index (χ0n) is 11.1. The second-order valence-electron chi connectivity index (χ2n) is 4.46. The number of hydrogen-bond acceptors (Lipinski definition) is 3. The van der Waals surface area contributed by atoms with Crippen molar-refractivity contribution in [2.45, 2.75) is 17.4 Å². The zero-order chi connectivity index (χ0) is 15.5. The van der Waals surface area contributed by atoms with E-state index in [4.69, 9.17) is 34.8 Å². The van der Waals surface area contributed by atoms with Crippen LogP contribution in [0.4, 0.5) is 0 Å². The number of amides is 1. The quantitative estimate of drug-likeness (QED) is 0.846. The highest BCUT2D eigenvalue weighted by Gasteiger charge is 2.37. The van der Waals surface area contributed by atoms with Crippen LogP contribution in [0.1, 0.15) is 22.1 Å². The molecule has 0 fully saturated rings. The molecule has 1 amide bonds. The fraction of sp³-hybridized carbons (Fsp3) is 0.308. The molecule has 0 bridgehead atoms. The summed E-state index contributed by atoms with van der Waals surface area (Å²) in [4.78, 5) is 16.2. The number of carbonyl (C=O) groups excluding carboxylic acids is 1. The second-order valence-corrected chi connectivity index (χ2v) is 6.27. The van der Waals surface area contributed by atoms with E-state index in [1.54, 1.807) is 12.1 Å². The molecule has 0 aliphatic heterocycles. The monoisotopic (exact) mass is 346 g/mol. The average Bonchev–Trinajstić information content (AvgIpc) is 2.98. The number of carbonyl (C=O) groups is 1. The van der Waals surface area contributed by atoms with Crippen LogP contribution in [-0.2, 0) is 0 Å². The molecule has 112 valence electrons. The van der Waals surface area contributed by atoms with E-state index in [1.807, 2.05) is 19.1 Å². The van der Waals surface area contributed by atoms with Gasteiger partial charge in [-0.2, -0.15) is 5.10 Å². The predicted octanol–water partition coefficient (Wildman–Crippen LogP) is 2.93. The minimum atomic E-state index is -1.42. The summed E-state index contributed by atoms with van der Waals surface area (Å²) in [6, 6.07) is 7.19. The molecular weight excluding hydrogens is 335 g/mol. The van der Waals surface area contributed by atoms with Gasteiger partial charge < -0.3 is 5.32 Å². The van der Waals surface area contributed by atoms with Crippen molar-refractivity contribution in [2.75, 3.05) is 5.88 Å². The van der Waals surface area contributed by atoms with Crippen LogP contribution >= 0.6 is 34.8 Å². The van der Waals surface area contributed by atoms with Gasteiger partial charge in [0.2, 0.25) is 0 Å². The van der Waals surface area contributed by atoms with Crippen molar-refractivity contribution in [3.8, 4) is 0 Å². The van der Waals surface area contributed by atoms with Crippen LogP contribution in [-0.4, -0.2) is 30.9 Å². The lowest BCUT2D eigenvalue weighted by atomic mass is 10.1. The molecule has 0 radical (unpaired) electrons. The lowest BCUT2D eigenvalue weighted by Crippen LogP contribution is -2.44. The van der Waals surface area contributed by atoms with Crippen LogP contribution in [0.5, 0.6) is 0 Å². The van der Waals surface area contributed by atoms with E-state index in [9.17, 15) is 4.79 Å². The number of nitrogens with zero attached hydrogens (tertiary/aromatic N) is 3. The van der Waals surface area contributed by atoms with Crippen molar-refractivity contribution in [1.82, 2.24) is 20.1 Å². The molecule has 1 N–H and O–H groups in total. The van der Waals surface area contributed by atoms with E-state index >= 15 is 0 Å². The van der Waals surface area contributed by atoms with E-state index in [2.05, 4.69) is 15.4 Å². The summed E-state index contributed by atoms with van der Waals surface area (Å²) in [5.74, 6) is -0.404. The Morgan fingerprint density at radius 3 is 2.71 bits per heavy atom. The Labute approximate surface area is 137 Å². The fourth-order valence-corrected chi connectivity index (χ4v) is 2.27. The summed E-state index contributed by atoms with van der Waals surface area (Å²) >= 11 is 18.1. The molecule has 0 aliphatic rings. The zero-order valence-corrected chi connectivity index (χ0v) is 13.4. The molecule has 1 heterocycles. The van der Waals surface area contributed by atoms with Gasteiger partial charge in [0, 0.05) is 5.56 Å². The van der Waals surface area contributed by atoms with Crippen molar-refractivity contribution in [3.05, 3.63) is 48.0 Å². The minimum Gasteiger partial charge on any atom is -0.328 e. The lowest BCUT2D eigenvalue weighted by Gasteiger charge is -2.28. The molecule has 1 aromatic carbocycles. The van der Waals surface area contributed by atoms with Crippen LogP contribution in [0.15, 0.2) is 36.9 Å². The molecule has 8 heteroatoms. The maximum Gasteiger partial charge on any atom is 0.253 e. The highest BCUT2D eigenvalue weighted by Crippen LogP contribution is 2.33. The molecular formula is C13H13Cl3N4O. The van der Waals surface area contributed by atoms with Crippen molar-refractivity contribution in [2.24, 2.45) is 0 Å². The fourth-order valence-electron chi connectivity index (χ4n) is 1.82. The Morgan fingerprint density at radius 1 is 1.43 bits per heavy atom. The summed E-state index contributed by atoms with van der Waals surface area (Å²) in [5, 5.41) is 6.70. The van der Waals surface area contributed by atoms with Crippen LogP contribution in [0.2, 0.25) is 0 Å². The van der Waals surface area contributed by atoms with Crippen molar-refractivity contribution < 1.29 is 4.79 Å². The number of halogens is 3. The van der Waals surface area contributed by atoms with E-state index < -0.39 is 10.5 Å². The van der Waals surface area contributed by atoms with E-state index in [1.165, 1.54) is 17.3 Å². The number of alkyl halides is 3. The normalized spacial score (nSPS) is 13.0. The number of nitrogens with one attached hydrogen (secondary N) is 1. The van der Waals surface area contributed by atoms with Gasteiger partial charge in [0.15, 0.2) is 10.5 Å². The van der Waals surface area contributed by atoms with Gasteiger partial charge in [-0.3, -0.25) is 4.79 Å². The largest absolute Gasteiger partial charge is 0.328 e. The Hall–Kier alpha value is -1.30. The molecule has 0 aliphatic carbocycles. The third kappa shape index (κ3) is 3.67. The first-order valence-electron chi connectivity index (χ1n) is 6.10. The standard InChI is InChI=1S/C13H13Cl3N4O/c1-9-4-2-3-5-10(9)11(21)19-12(13(15,16)6-14)20-8-17-7-18-20/h2-5,7-8,12H,6H2,1H3,(H,19,21). The molecule has 1 atom stereocenters. The minimum absolute atomic E-state index is 0.0886. The molecule has 2 rings (SSSR count). The van der Waals surface area contributed by atoms with Gasteiger partial charge in [0.05, 0.1) is 5.88 Å². The van der Waals surface area contributed by atoms with Gasteiger partial charge in [-0.25, -0.2) is 9.67 Å². The SMILES string of the molecule is Cc1ccccc1C(=O)NC(n1cncn1)C(Cl)(Cl)CCl. The third-order valence-corrected chi connectivity index (χ3v) is 4.31. The van der Waals surface area contributed by atoms with Crippen molar-refractivity contribution in [1.29, 1.82) is 0 Å². The number of aromatic nitrogens is 3. The topological polar surface area (TPSA) is 59.8 Å². The summed E-state index contributed by atoms with van der Waals surface area (Å²) in [5.41, 5.74) is 1.37. The molecule has 2 aromatic rings. The summed E-state index contributed by atoms with van der Waals surface area (Å²) < 4.78 is -0.0633. The van der Waals surface area contributed by atoms with Gasteiger partial charge in [0.25, 0.3) is 5.91 Å². The molecule has 0 spiro atoms. The molecule has 21 heavy (non-hydrogen) atoms. The van der Waals surface area contributed by atoms with Crippen molar-refractivity contribution in [3.63, 3.8) is 0 Å². The molecule has 1 aromatic heterocycles. The van der Waals surface area contributed by atoms with Crippen LogP contribution < -0.4 is 5.32 Å². The highest BCUT2D eigenvalue weighted by atomic mass is 35.5. The van der Waals surface area contributed by atoms with Gasteiger partial charge in [-0.15, -0.1) is 11.6 Å². The summed E-state index contributed by atoms with van der Waals surface area (Å²) in [6.07, 6.45) is 1.90. The first kappa shape index (κ1) is 16.1. The third-order valence-electron chi connectivity index (χ3n) is 2.94. The first-order chi connectivity index (χ1) is 9.95. The number of benzene rings is 1. The van der Waals surface area contributed by atoms with Gasteiger partial charge in [-0.1, -0.05) is 41.4 Å². The summed E-state index contributed by atoms with van der Waals surface area (Å²) in [6.45, 7) is 1.84. The van der Waals surface area contributed by atoms with Gasteiger partial charge >= 0.3 is 0 Å². The van der Waals surface area contributed by atoms with Crippen molar-refractivity contribution >= 4 is 40.7 Å². The molecule has 5 nitrogen and oxygen atoms in total. The number of rotatable bonds is 5. The highest BCUT2D eigenvalue weighted by molar-refractivity contribution is 6.51. The van der Waals surface area contributed by atoms with Crippen LogP contribution in [0.25, 0.3) is 0 Å². The second kappa shape index (κ2) is 6.64. The number of aryl methyl sites for hydroxylation is 1. The summed E-state index contributed by atoms with van der Waals surface area (Å²) in [7, 11) is 0. The van der Waals surface area contributed by atoms with Gasteiger partial charge in [-0.05, 0) is 18.6 Å². The lowest BCUT2D eigenvalue weighted by molar-refractivity contribution is 0.0910. The Bertz CT molecular complexity index is 616. The van der Waals surface area contributed by atoms with Crippen LogP contribution in [0, 0.1) is 6.92 Å². The number of hydrogen-bond donors (Lipinski definition) is 1. The Balaban J connectivity index is 2.28. The maximum atomic E-state index is 12.4. The Kier molecular flexibility index (Phi) is 5.08. The average molecular weight is 348 g/mol. The van der Waals surface area contributed by atoms with Gasteiger partial charge in [0.1, 0.15) is 12.7 Å². The Morgan fingerprint density at radius 2 is 2.14 bits per heavy atom. The maximum absolute atomic E-state index is 12.4.